The van der Waals surface area contributed by atoms with Crippen LogP contribution in [0.5, 0.6) is 11.5 Å². The summed E-state index contributed by atoms with van der Waals surface area (Å²) in [4.78, 5) is 0. The minimum absolute atomic E-state index is 0.311. The van der Waals surface area contributed by atoms with E-state index >= 15 is 0 Å². The molecule has 4 nitrogen and oxygen atoms in total. The number of rotatable bonds is 6. The molecule has 0 aliphatic heterocycles. The average Bonchev–Trinajstić information content (AvgIpc) is 3.22. The first-order valence-corrected chi connectivity index (χ1v) is 9.53. The molecule has 1 heterocycles. The Hall–Kier alpha value is -3.53. The Morgan fingerprint density at radius 3 is 2.21 bits per heavy atom. The molecule has 4 rings (SSSR count). The van der Waals surface area contributed by atoms with Crippen LogP contribution < -0.4 is 9.47 Å². The number of methoxy groups -OCH3 is 1. The molecule has 0 aliphatic rings. The minimum atomic E-state index is 0.311. The largest absolute Gasteiger partial charge is 0.497 e. The van der Waals surface area contributed by atoms with Crippen molar-refractivity contribution in [2.75, 3.05) is 7.11 Å². The highest BCUT2D eigenvalue weighted by molar-refractivity contribution is 5.71. The van der Waals surface area contributed by atoms with Gasteiger partial charge in [-0.05, 0) is 43.2 Å². The Morgan fingerprint density at radius 1 is 0.793 bits per heavy atom. The Balaban J connectivity index is 1.54. The summed E-state index contributed by atoms with van der Waals surface area (Å²) in [7, 11) is 1.66. The van der Waals surface area contributed by atoms with Crippen LogP contribution in [0.25, 0.3) is 22.4 Å². The zero-order chi connectivity index (χ0) is 20.2. The summed E-state index contributed by atoms with van der Waals surface area (Å²) in [6, 6.07) is 24.3. The molecule has 0 atom stereocenters. The third-order valence-corrected chi connectivity index (χ3v) is 4.81. The highest BCUT2D eigenvalue weighted by Crippen LogP contribution is 2.33. The molecule has 3 aromatic carbocycles. The van der Waals surface area contributed by atoms with Gasteiger partial charge >= 0.3 is 0 Å². The van der Waals surface area contributed by atoms with Gasteiger partial charge in [-0.25, -0.2) is 0 Å². The second kappa shape index (κ2) is 8.23. The zero-order valence-electron chi connectivity index (χ0n) is 16.8. The third kappa shape index (κ3) is 4.32. The monoisotopic (exact) mass is 385 g/mol. The lowest BCUT2D eigenvalue weighted by Gasteiger charge is -2.12. The van der Waals surface area contributed by atoms with Crippen molar-refractivity contribution in [2.45, 2.75) is 20.5 Å². The molecule has 0 amide bonds. The molecule has 0 fully saturated rings. The highest BCUT2D eigenvalue weighted by Gasteiger charge is 2.11. The van der Waals surface area contributed by atoms with Gasteiger partial charge in [-0.15, -0.1) is 0 Å². The number of nitrogens with zero attached hydrogens (tertiary/aromatic N) is 1. The normalized spacial score (nSPS) is 10.7. The van der Waals surface area contributed by atoms with E-state index in [-0.39, 0.29) is 0 Å². The Morgan fingerprint density at radius 2 is 1.48 bits per heavy atom. The van der Waals surface area contributed by atoms with Crippen LogP contribution in [0.15, 0.2) is 77.3 Å². The lowest BCUT2D eigenvalue weighted by molar-refractivity contribution is 0.250. The lowest BCUT2D eigenvalue weighted by atomic mass is 10.0. The first-order valence-electron chi connectivity index (χ1n) is 9.53. The highest BCUT2D eigenvalue weighted by atomic mass is 16.5. The summed E-state index contributed by atoms with van der Waals surface area (Å²) >= 11 is 0. The summed E-state index contributed by atoms with van der Waals surface area (Å²) < 4.78 is 16.9. The molecular formula is C25H23NO3. The molecule has 0 saturated heterocycles. The molecule has 0 aliphatic carbocycles. The van der Waals surface area contributed by atoms with E-state index in [1.165, 1.54) is 5.56 Å². The summed E-state index contributed by atoms with van der Waals surface area (Å²) in [5.74, 6) is 2.32. The van der Waals surface area contributed by atoms with E-state index in [2.05, 4.69) is 43.3 Å². The molecule has 4 heteroatoms. The fourth-order valence-electron chi connectivity index (χ4n) is 3.15. The Labute approximate surface area is 170 Å². The van der Waals surface area contributed by atoms with Crippen molar-refractivity contribution in [1.82, 2.24) is 5.16 Å². The van der Waals surface area contributed by atoms with Crippen molar-refractivity contribution in [2.24, 2.45) is 0 Å². The van der Waals surface area contributed by atoms with E-state index in [1.54, 1.807) is 7.11 Å². The predicted octanol–water partition coefficient (Wildman–Crippen LogP) is 6.21. The molecule has 0 radical (unpaired) electrons. The van der Waals surface area contributed by atoms with Crippen LogP contribution in [-0.2, 0) is 6.61 Å². The third-order valence-electron chi connectivity index (χ3n) is 4.81. The van der Waals surface area contributed by atoms with Crippen LogP contribution in [0.2, 0.25) is 0 Å². The van der Waals surface area contributed by atoms with E-state index in [0.29, 0.717) is 12.4 Å². The summed E-state index contributed by atoms with van der Waals surface area (Å²) in [6.07, 6.45) is 0. The Bertz CT molecular complexity index is 1100. The van der Waals surface area contributed by atoms with Gasteiger partial charge in [0.05, 0.1) is 7.11 Å². The number of hydrogen-bond acceptors (Lipinski definition) is 4. The van der Waals surface area contributed by atoms with Gasteiger partial charge in [-0.3, -0.25) is 0 Å². The molecule has 0 N–H and O–H groups in total. The van der Waals surface area contributed by atoms with Crippen molar-refractivity contribution < 1.29 is 14.0 Å². The van der Waals surface area contributed by atoms with Gasteiger partial charge in [-0.2, -0.15) is 0 Å². The maximum Gasteiger partial charge on any atom is 0.174 e. The molecule has 0 bridgehead atoms. The smallest absolute Gasteiger partial charge is 0.174 e. The summed E-state index contributed by atoms with van der Waals surface area (Å²) in [5.41, 5.74) is 6.28. The fraction of sp³-hybridized carbons (Fsp3) is 0.160. The maximum atomic E-state index is 6.12. The first kappa shape index (κ1) is 18.8. The van der Waals surface area contributed by atoms with Gasteiger partial charge in [0.25, 0.3) is 0 Å². The first-order chi connectivity index (χ1) is 14.1. The van der Waals surface area contributed by atoms with Crippen LogP contribution in [-0.4, -0.2) is 12.3 Å². The number of benzene rings is 3. The molecule has 146 valence electrons. The van der Waals surface area contributed by atoms with Gasteiger partial charge in [0.15, 0.2) is 5.76 Å². The molecule has 0 saturated carbocycles. The van der Waals surface area contributed by atoms with E-state index in [4.69, 9.17) is 14.0 Å². The standard InChI is InChI=1S/C25H23NO3/c1-17-4-7-20(8-5-17)24-15-22(29-26-24)16-28-25-14-18(2)6-13-23(25)19-9-11-21(27-3)12-10-19/h4-15H,16H2,1-3H3. The number of aryl methyl sites for hydroxylation is 2. The van der Waals surface area contributed by atoms with Crippen molar-refractivity contribution in [3.05, 3.63) is 89.7 Å². The lowest BCUT2D eigenvalue weighted by Crippen LogP contribution is -1.96. The fourth-order valence-corrected chi connectivity index (χ4v) is 3.15. The van der Waals surface area contributed by atoms with E-state index in [1.807, 2.05) is 48.5 Å². The van der Waals surface area contributed by atoms with Gasteiger partial charge in [-0.1, -0.05) is 59.3 Å². The van der Waals surface area contributed by atoms with E-state index in [0.717, 1.165) is 39.4 Å². The molecule has 29 heavy (non-hydrogen) atoms. The zero-order valence-corrected chi connectivity index (χ0v) is 16.8. The second-order valence-corrected chi connectivity index (χ2v) is 7.06. The maximum absolute atomic E-state index is 6.12. The molecular weight excluding hydrogens is 362 g/mol. The SMILES string of the molecule is COc1ccc(-c2ccc(C)cc2OCc2cc(-c3ccc(C)cc3)no2)cc1. The molecule has 0 spiro atoms. The number of ether oxygens (including phenoxy) is 2. The second-order valence-electron chi connectivity index (χ2n) is 7.06. The minimum Gasteiger partial charge on any atom is -0.497 e. The van der Waals surface area contributed by atoms with Crippen molar-refractivity contribution in [1.29, 1.82) is 0 Å². The average molecular weight is 385 g/mol. The quantitative estimate of drug-likeness (QED) is 0.396. The van der Waals surface area contributed by atoms with E-state index in [9.17, 15) is 0 Å². The summed E-state index contributed by atoms with van der Waals surface area (Å²) in [6.45, 7) is 4.42. The van der Waals surface area contributed by atoms with Crippen molar-refractivity contribution >= 4 is 0 Å². The van der Waals surface area contributed by atoms with Gasteiger partial charge in [0, 0.05) is 17.2 Å². The topological polar surface area (TPSA) is 44.5 Å². The van der Waals surface area contributed by atoms with Crippen molar-refractivity contribution in [3.8, 4) is 33.9 Å². The molecule has 1 aromatic heterocycles. The van der Waals surface area contributed by atoms with Crippen molar-refractivity contribution in [3.63, 3.8) is 0 Å². The van der Waals surface area contributed by atoms with Crippen LogP contribution in [0.4, 0.5) is 0 Å². The van der Waals surface area contributed by atoms with Crippen LogP contribution >= 0.6 is 0 Å². The van der Waals surface area contributed by atoms with Gasteiger partial charge in [0.1, 0.15) is 23.8 Å². The van der Waals surface area contributed by atoms with Gasteiger partial charge in [0.2, 0.25) is 0 Å². The van der Waals surface area contributed by atoms with Crippen LogP contribution in [0.3, 0.4) is 0 Å². The Kier molecular flexibility index (Phi) is 5.34. The summed E-state index contributed by atoms with van der Waals surface area (Å²) in [5, 5.41) is 4.18. The number of hydrogen-bond donors (Lipinski definition) is 0. The van der Waals surface area contributed by atoms with E-state index < -0.39 is 0 Å². The predicted molar refractivity (Wildman–Crippen MR) is 114 cm³/mol. The molecule has 0 unspecified atom stereocenters. The van der Waals surface area contributed by atoms with Gasteiger partial charge < -0.3 is 14.0 Å². The van der Waals surface area contributed by atoms with Crippen LogP contribution in [0, 0.1) is 13.8 Å². The molecule has 4 aromatic rings. The number of aromatic nitrogens is 1. The van der Waals surface area contributed by atoms with Crippen LogP contribution in [0.1, 0.15) is 16.9 Å².